The van der Waals surface area contributed by atoms with E-state index in [9.17, 15) is 4.79 Å². The number of benzene rings is 1. The zero-order valence-corrected chi connectivity index (χ0v) is 9.97. The van der Waals surface area contributed by atoms with Gasteiger partial charge in [-0.1, -0.05) is 35.0 Å². The number of nitrogens with zero attached hydrogens (tertiary/aromatic N) is 3. The van der Waals surface area contributed by atoms with Crippen LogP contribution in [-0.4, -0.2) is 35.0 Å². The lowest BCUT2D eigenvalue weighted by molar-refractivity contribution is 0.0779. The molecule has 0 radical (unpaired) electrons. The number of aryl methyl sites for hydroxylation is 1. The molecule has 88 valence electrons. The summed E-state index contributed by atoms with van der Waals surface area (Å²) in [5, 5.41) is 3.79. The molecule has 0 N–H and O–H groups in total. The maximum absolute atomic E-state index is 11.6. The predicted octanol–water partition coefficient (Wildman–Crippen LogP) is 1.75. The van der Waals surface area contributed by atoms with Gasteiger partial charge in [-0.3, -0.25) is 4.79 Å². The minimum atomic E-state index is -0.295. The number of hydrogen-bond acceptors (Lipinski definition) is 4. The predicted molar refractivity (Wildman–Crippen MR) is 62.5 cm³/mol. The average Bonchev–Trinajstić information content (AvgIpc) is 2.78. The summed E-state index contributed by atoms with van der Waals surface area (Å²) in [5.41, 5.74) is 1.99. The Bertz CT molecular complexity index is 529. The average molecular weight is 231 g/mol. The third kappa shape index (κ3) is 2.33. The Morgan fingerprint density at radius 3 is 2.47 bits per heavy atom. The number of rotatable bonds is 2. The van der Waals surface area contributed by atoms with E-state index in [2.05, 4.69) is 10.1 Å². The first-order chi connectivity index (χ1) is 8.08. The second kappa shape index (κ2) is 4.37. The first-order valence-corrected chi connectivity index (χ1v) is 5.20. The quantitative estimate of drug-likeness (QED) is 0.790. The highest BCUT2D eigenvalue weighted by Crippen LogP contribution is 2.16. The van der Waals surface area contributed by atoms with Gasteiger partial charge >= 0.3 is 11.8 Å². The van der Waals surface area contributed by atoms with Crippen LogP contribution >= 0.6 is 0 Å². The van der Waals surface area contributed by atoms with Crippen molar-refractivity contribution in [3.8, 4) is 11.4 Å². The third-order valence-electron chi connectivity index (χ3n) is 2.32. The molecule has 5 nitrogen and oxygen atoms in total. The Labute approximate surface area is 99.1 Å². The number of aromatic nitrogens is 2. The van der Waals surface area contributed by atoms with E-state index < -0.39 is 0 Å². The molecule has 0 bridgehead atoms. The highest BCUT2D eigenvalue weighted by Gasteiger charge is 2.17. The van der Waals surface area contributed by atoms with Gasteiger partial charge in [-0.15, -0.1) is 0 Å². The molecule has 1 amide bonds. The Hall–Kier alpha value is -2.17. The molecule has 1 heterocycles. The summed E-state index contributed by atoms with van der Waals surface area (Å²) in [6, 6.07) is 7.70. The molecule has 0 aliphatic rings. The van der Waals surface area contributed by atoms with Crippen LogP contribution in [-0.2, 0) is 0 Å². The Kier molecular flexibility index (Phi) is 2.91. The number of carbonyl (C=O) groups excluding carboxylic acids is 1. The molecule has 0 aliphatic heterocycles. The van der Waals surface area contributed by atoms with Crippen molar-refractivity contribution in [2.24, 2.45) is 0 Å². The van der Waals surface area contributed by atoms with Crippen LogP contribution in [0.25, 0.3) is 11.4 Å². The molecular weight excluding hydrogens is 218 g/mol. The van der Waals surface area contributed by atoms with Crippen molar-refractivity contribution in [2.75, 3.05) is 14.1 Å². The fourth-order valence-corrected chi connectivity index (χ4v) is 1.32. The van der Waals surface area contributed by atoms with Crippen LogP contribution in [0.2, 0.25) is 0 Å². The van der Waals surface area contributed by atoms with Crippen LogP contribution in [0, 0.1) is 6.92 Å². The van der Waals surface area contributed by atoms with Crippen LogP contribution in [0.5, 0.6) is 0 Å². The smallest absolute Gasteiger partial charge is 0.316 e. The topological polar surface area (TPSA) is 59.2 Å². The maximum Gasteiger partial charge on any atom is 0.316 e. The minimum absolute atomic E-state index is 0.00516. The Balaban J connectivity index is 2.30. The van der Waals surface area contributed by atoms with E-state index in [1.165, 1.54) is 4.90 Å². The number of hydrogen-bond donors (Lipinski definition) is 0. The first kappa shape index (κ1) is 11.3. The SMILES string of the molecule is Cc1ccc(-c2noc(C(=O)N(C)C)n2)cc1. The van der Waals surface area contributed by atoms with Crippen LogP contribution in [0.15, 0.2) is 28.8 Å². The van der Waals surface area contributed by atoms with Gasteiger partial charge in [-0.05, 0) is 6.92 Å². The van der Waals surface area contributed by atoms with Crippen molar-refractivity contribution in [1.82, 2.24) is 15.0 Å². The van der Waals surface area contributed by atoms with E-state index in [4.69, 9.17) is 4.52 Å². The molecule has 0 aliphatic carbocycles. The van der Waals surface area contributed by atoms with Crippen LogP contribution in [0.1, 0.15) is 16.2 Å². The molecule has 0 unspecified atom stereocenters. The van der Waals surface area contributed by atoms with Crippen molar-refractivity contribution >= 4 is 5.91 Å². The van der Waals surface area contributed by atoms with E-state index in [0.717, 1.165) is 11.1 Å². The van der Waals surface area contributed by atoms with Gasteiger partial charge in [0.25, 0.3) is 0 Å². The van der Waals surface area contributed by atoms with E-state index in [1.54, 1.807) is 14.1 Å². The Morgan fingerprint density at radius 2 is 1.88 bits per heavy atom. The molecular formula is C12H13N3O2. The first-order valence-electron chi connectivity index (χ1n) is 5.20. The summed E-state index contributed by atoms with van der Waals surface area (Å²) >= 11 is 0. The van der Waals surface area contributed by atoms with E-state index in [1.807, 2.05) is 31.2 Å². The molecule has 2 rings (SSSR count). The molecule has 1 aromatic heterocycles. The second-order valence-corrected chi connectivity index (χ2v) is 3.99. The highest BCUT2D eigenvalue weighted by atomic mass is 16.5. The van der Waals surface area contributed by atoms with Crippen molar-refractivity contribution < 1.29 is 9.32 Å². The molecule has 0 fully saturated rings. The molecule has 0 atom stereocenters. The van der Waals surface area contributed by atoms with E-state index in [0.29, 0.717) is 5.82 Å². The van der Waals surface area contributed by atoms with Gasteiger partial charge in [0.15, 0.2) is 0 Å². The number of carbonyl (C=O) groups is 1. The van der Waals surface area contributed by atoms with Crippen molar-refractivity contribution in [2.45, 2.75) is 6.92 Å². The summed E-state index contributed by atoms with van der Waals surface area (Å²) < 4.78 is 4.92. The van der Waals surface area contributed by atoms with Gasteiger partial charge in [-0.25, -0.2) is 0 Å². The second-order valence-electron chi connectivity index (χ2n) is 3.99. The van der Waals surface area contributed by atoms with Gasteiger partial charge in [0.05, 0.1) is 0 Å². The Morgan fingerprint density at radius 1 is 1.24 bits per heavy atom. The summed E-state index contributed by atoms with van der Waals surface area (Å²) in [7, 11) is 3.27. The van der Waals surface area contributed by atoms with Gasteiger partial charge in [-0.2, -0.15) is 4.98 Å². The van der Waals surface area contributed by atoms with E-state index >= 15 is 0 Å². The van der Waals surface area contributed by atoms with Crippen LogP contribution in [0.4, 0.5) is 0 Å². The molecule has 0 saturated carbocycles. The summed E-state index contributed by atoms with van der Waals surface area (Å²) in [4.78, 5) is 17.0. The molecule has 1 aromatic carbocycles. The molecule has 17 heavy (non-hydrogen) atoms. The lowest BCUT2D eigenvalue weighted by Gasteiger charge is -2.04. The number of amides is 1. The molecule has 5 heteroatoms. The van der Waals surface area contributed by atoms with Crippen molar-refractivity contribution in [3.05, 3.63) is 35.7 Å². The lowest BCUT2D eigenvalue weighted by atomic mass is 10.1. The van der Waals surface area contributed by atoms with Gasteiger partial charge in [0.2, 0.25) is 5.82 Å². The zero-order chi connectivity index (χ0) is 12.4. The summed E-state index contributed by atoms with van der Waals surface area (Å²) in [5.74, 6) is 0.136. The zero-order valence-electron chi connectivity index (χ0n) is 9.97. The third-order valence-corrected chi connectivity index (χ3v) is 2.32. The minimum Gasteiger partial charge on any atom is -0.341 e. The fraction of sp³-hybridized carbons (Fsp3) is 0.250. The largest absolute Gasteiger partial charge is 0.341 e. The lowest BCUT2D eigenvalue weighted by Crippen LogP contribution is -2.21. The molecule has 0 saturated heterocycles. The summed E-state index contributed by atoms with van der Waals surface area (Å²) in [6.45, 7) is 2.00. The molecule has 0 spiro atoms. The van der Waals surface area contributed by atoms with Crippen LogP contribution < -0.4 is 0 Å². The van der Waals surface area contributed by atoms with Crippen molar-refractivity contribution in [1.29, 1.82) is 0 Å². The fourth-order valence-electron chi connectivity index (χ4n) is 1.32. The van der Waals surface area contributed by atoms with Crippen molar-refractivity contribution in [3.63, 3.8) is 0 Å². The van der Waals surface area contributed by atoms with Gasteiger partial charge < -0.3 is 9.42 Å². The molecule has 2 aromatic rings. The maximum atomic E-state index is 11.6. The van der Waals surface area contributed by atoms with Crippen LogP contribution in [0.3, 0.4) is 0 Å². The van der Waals surface area contributed by atoms with E-state index in [-0.39, 0.29) is 11.8 Å². The normalized spacial score (nSPS) is 10.3. The highest BCUT2D eigenvalue weighted by molar-refractivity contribution is 5.89. The van der Waals surface area contributed by atoms with Gasteiger partial charge in [0.1, 0.15) is 0 Å². The monoisotopic (exact) mass is 231 g/mol. The standard InChI is InChI=1S/C12H13N3O2/c1-8-4-6-9(7-5-8)10-13-11(17-14-10)12(16)15(2)3/h4-7H,1-3H3. The van der Waals surface area contributed by atoms with Gasteiger partial charge in [0, 0.05) is 19.7 Å². The summed E-state index contributed by atoms with van der Waals surface area (Å²) in [6.07, 6.45) is 0.